The molecule has 122 valence electrons. The van der Waals surface area contributed by atoms with Crippen LogP contribution in [0.1, 0.15) is 36.7 Å². The fraction of sp³-hybridized carbons (Fsp3) is 0.294. The molecule has 1 aromatic heterocycles. The SMILES string of the molecule is COc1cc(C(=O)O)ccc1CCNC(=O)c1csc(C)c1C. The van der Waals surface area contributed by atoms with Crippen LogP contribution < -0.4 is 10.1 Å². The van der Waals surface area contributed by atoms with Gasteiger partial charge in [0.25, 0.3) is 5.91 Å². The van der Waals surface area contributed by atoms with Gasteiger partial charge in [-0.05, 0) is 43.5 Å². The Morgan fingerprint density at radius 1 is 1.30 bits per heavy atom. The topological polar surface area (TPSA) is 75.6 Å². The molecule has 0 saturated heterocycles. The van der Waals surface area contributed by atoms with Crippen molar-refractivity contribution >= 4 is 23.2 Å². The highest BCUT2D eigenvalue weighted by Crippen LogP contribution is 2.22. The molecular weight excluding hydrogens is 314 g/mol. The van der Waals surface area contributed by atoms with Crippen molar-refractivity contribution in [3.63, 3.8) is 0 Å². The number of carboxylic acids is 1. The van der Waals surface area contributed by atoms with E-state index in [0.29, 0.717) is 24.3 Å². The molecule has 0 fully saturated rings. The number of methoxy groups -OCH3 is 1. The summed E-state index contributed by atoms with van der Waals surface area (Å²) in [4.78, 5) is 24.3. The maximum absolute atomic E-state index is 12.2. The van der Waals surface area contributed by atoms with Gasteiger partial charge >= 0.3 is 5.97 Å². The molecule has 5 nitrogen and oxygen atoms in total. The van der Waals surface area contributed by atoms with Crippen LogP contribution in [-0.4, -0.2) is 30.6 Å². The van der Waals surface area contributed by atoms with Crippen LogP contribution in [0.5, 0.6) is 5.75 Å². The summed E-state index contributed by atoms with van der Waals surface area (Å²) in [7, 11) is 1.50. The number of benzene rings is 1. The van der Waals surface area contributed by atoms with Gasteiger partial charge in [-0.2, -0.15) is 0 Å². The van der Waals surface area contributed by atoms with Gasteiger partial charge in [0.2, 0.25) is 0 Å². The van der Waals surface area contributed by atoms with Crippen molar-refractivity contribution in [2.45, 2.75) is 20.3 Å². The Kier molecular flexibility index (Phi) is 5.39. The predicted molar refractivity (Wildman–Crippen MR) is 89.8 cm³/mol. The molecule has 6 heteroatoms. The van der Waals surface area contributed by atoms with Crippen molar-refractivity contribution in [1.82, 2.24) is 5.32 Å². The average molecular weight is 333 g/mol. The van der Waals surface area contributed by atoms with E-state index >= 15 is 0 Å². The summed E-state index contributed by atoms with van der Waals surface area (Å²) in [6.07, 6.45) is 0.566. The van der Waals surface area contributed by atoms with Gasteiger partial charge in [-0.15, -0.1) is 11.3 Å². The minimum absolute atomic E-state index is 0.0898. The van der Waals surface area contributed by atoms with Gasteiger partial charge in [0.15, 0.2) is 0 Å². The van der Waals surface area contributed by atoms with Crippen molar-refractivity contribution in [2.24, 2.45) is 0 Å². The number of rotatable bonds is 6. The molecule has 0 aliphatic rings. The van der Waals surface area contributed by atoms with Crippen LogP contribution >= 0.6 is 11.3 Å². The van der Waals surface area contributed by atoms with Gasteiger partial charge in [0, 0.05) is 16.8 Å². The Bertz CT molecular complexity index is 736. The smallest absolute Gasteiger partial charge is 0.335 e. The highest BCUT2D eigenvalue weighted by Gasteiger charge is 2.13. The largest absolute Gasteiger partial charge is 0.496 e. The lowest BCUT2D eigenvalue weighted by molar-refractivity contribution is 0.0696. The predicted octanol–water partition coefficient (Wildman–Crippen LogP) is 3.04. The molecule has 1 heterocycles. The van der Waals surface area contributed by atoms with Gasteiger partial charge in [-0.1, -0.05) is 6.07 Å². The molecule has 0 radical (unpaired) electrons. The zero-order chi connectivity index (χ0) is 17.0. The van der Waals surface area contributed by atoms with E-state index in [1.807, 2.05) is 19.2 Å². The highest BCUT2D eigenvalue weighted by molar-refractivity contribution is 7.10. The molecule has 2 N–H and O–H groups in total. The lowest BCUT2D eigenvalue weighted by Gasteiger charge is -2.10. The summed E-state index contributed by atoms with van der Waals surface area (Å²) < 4.78 is 5.23. The van der Waals surface area contributed by atoms with Crippen molar-refractivity contribution in [3.8, 4) is 5.75 Å². The van der Waals surface area contributed by atoms with Crippen LogP contribution in [0.4, 0.5) is 0 Å². The van der Waals surface area contributed by atoms with E-state index < -0.39 is 5.97 Å². The third-order valence-corrected chi connectivity index (χ3v) is 4.76. The molecule has 0 bridgehead atoms. The summed E-state index contributed by atoms with van der Waals surface area (Å²) in [5, 5.41) is 13.7. The average Bonchev–Trinajstić information content (AvgIpc) is 2.87. The zero-order valence-electron chi connectivity index (χ0n) is 13.3. The molecule has 2 aromatic rings. The Labute approximate surface area is 138 Å². The Morgan fingerprint density at radius 3 is 2.61 bits per heavy atom. The minimum atomic E-state index is -0.994. The zero-order valence-corrected chi connectivity index (χ0v) is 14.1. The molecule has 0 saturated carbocycles. The summed E-state index contributed by atoms with van der Waals surface area (Å²) in [5.41, 5.74) is 2.76. The van der Waals surface area contributed by atoms with Crippen LogP contribution in [0.25, 0.3) is 0 Å². The van der Waals surface area contributed by atoms with E-state index in [4.69, 9.17) is 9.84 Å². The standard InChI is InChI=1S/C17H19NO4S/c1-10-11(2)23-9-14(10)16(19)18-7-6-12-4-5-13(17(20)21)8-15(12)22-3/h4-5,8-9H,6-7H2,1-3H3,(H,18,19)(H,20,21). The number of carbonyl (C=O) groups is 2. The highest BCUT2D eigenvalue weighted by atomic mass is 32.1. The van der Waals surface area contributed by atoms with E-state index in [1.54, 1.807) is 17.4 Å². The number of aromatic carboxylic acids is 1. The Balaban J connectivity index is 2.00. The van der Waals surface area contributed by atoms with Gasteiger partial charge in [-0.3, -0.25) is 4.79 Å². The van der Waals surface area contributed by atoms with Crippen molar-refractivity contribution < 1.29 is 19.4 Å². The van der Waals surface area contributed by atoms with Gasteiger partial charge in [0.05, 0.1) is 18.2 Å². The lowest BCUT2D eigenvalue weighted by atomic mass is 10.1. The Morgan fingerprint density at radius 2 is 2.04 bits per heavy atom. The number of hydrogen-bond donors (Lipinski definition) is 2. The summed E-state index contributed by atoms with van der Waals surface area (Å²) >= 11 is 1.56. The number of nitrogens with one attached hydrogen (secondary N) is 1. The molecule has 0 atom stereocenters. The molecule has 23 heavy (non-hydrogen) atoms. The molecule has 1 aromatic carbocycles. The number of ether oxygens (including phenoxy) is 1. The van der Waals surface area contributed by atoms with Crippen LogP contribution in [-0.2, 0) is 6.42 Å². The second kappa shape index (κ2) is 7.28. The van der Waals surface area contributed by atoms with Crippen LogP contribution in [0, 0.1) is 13.8 Å². The second-order valence-corrected chi connectivity index (χ2v) is 6.25. The molecule has 0 unspecified atom stereocenters. The Hall–Kier alpha value is -2.34. The monoisotopic (exact) mass is 333 g/mol. The van der Waals surface area contributed by atoms with Crippen molar-refractivity contribution in [2.75, 3.05) is 13.7 Å². The van der Waals surface area contributed by atoms with E-state index in [0.717, 1.165) is 16.0 Å². The van der Waals surface area contributed by atoms with Crippen LogP contribution in [0.15, 0.2) is 23.6 Å². The van der Waals surface area contributed by atoms with E-state index in [1.165, 1.54) is 19.2 Å². The first kappa shape index (κ1) is 17.0. The molecule has 0 aliphatic heterocycles. The second-order valence-electron chi connectivity index (χ2n) is 5.17. The summed E-state index contributed by atoms with van der Waals surface area (Å²) in [6.45, 7) is 4.38. The lowest BCUT2D eigenvalue weighted by Crippen LogP contribution is -2.26. The van der Waals surface area contributed by atoms with E-state index in [9.17, 15) is 9.59 Å². The van der Waals surface area contributed by atoms with E-state index in [-0.39, 0.29) is 11.5 Å². The fourth-order valence-electron chi connectivity index (χ4n) is 2.23. The number of aryl methyl sites for hydroxylation is 1. The van der Waals surface area contributed by atoms with Crippen LogP contribution in [0.2, 0.25) is 0 Å². The molecule has 0 spiro atoms. The molecule has 0 aliphatic carbocycles. The molecule has 2 rings (SSSR count). The maximum Gasteiger partial charge on any atom is 0.335 e. The normalized spacial score (nSPS) is 10.4. The number of amides is 1. The van der Waals surface area contributed by atoms with Gasteiger partial charge in [-0.25, -0.2) is 4.79 Å². The fourth-order valence-corrected chi connectivity index (χ4v) is 3.09. The third kappa shape index (κ3) is 3.90. The summed E-state index contributed by atoms with van der Waals surface area (Å²) in [6, 6.07) is 4.74. The number of thiophene rings is 1. The van der Waals surface area contributed by atoms with Gasteiger partial charge in [0.1, 0.15) is 5.75 Å². The van der Waals surface area contributed by atoms with Gasteiger partial charge < -0.3 is 15.2 Å². The quantitative estimate of drug-likeness (QED) is 0.852. The number of carbonyl (C=O) groups excluding carboxylic acids is 1. The summed E-state index contributed by atoms with van der Waals surface area (Å²) in [5.74, 6) is -0.568. The first-order valence-electron chi connectivity index (χ1n) is 7.17. The van der Waals surface area contributed by atoms with Crippen LogP contribution in [0.3, 0.4) is 0 Å². The first-order valence-corrected chi connectivity index (χ1v) is 8.05. The first-order chi connectivity index (χ1) is 10.9. The molecule has 1 amide bonds. The minimum Gasteiger partial charge on any atom is -0.496 e. The van der Waals surface area contributed by atoms with E-state index in [2.05, 4.69) is 5.32 Å². The third-order valence-electron chi connectivity index (χ3n) is 3.74. The maximum atomic E-state index is 12.2. The van der Waals surface area contributed by atoms with Crippen molar-refractivity contribution in [1.29, 1.82) is 0 Å². The number of hydrogen-bond acceptors (Lipinski definition) is 4. The number of carboxylic acid groups (broad SMARTS) is 1. The van der Waals surface area contributed by atoms with Crippen molar-refractivity contribution in [3.05, 3.63) is 50.7 Å². The molecular formula is C17H19NO4S.